The van der Waals surface area contributed by atoms with Crippen LogP contribution in [-0.4, -0.2) is 18.1 Å². The Hall–Kier alpha value is -0.590. The van der Waals surface area contributed by atoms with Crippen molar-refractivity contribution in [2.75, 3.05) is 6.61 Å². The van der Waals surface area contributed by atoms with E-state index in [0.717, 1.165) is 12.1 Å². The molecule has 0 unspecified atom stereocenters. The van der Waals surface area contributed by atoms with Gasteiger partial charge in [-0.15, -0.1) is 0 Å². The number of benzene rings is 1. The fourth-order valence-corrected chi connectivity index (χ4v) is 1.49. The summed E-state index contributed by atoms with van der Waals surface area (Å²) in [6.45, 7) is -1.03. The Labute approximate surface area is 93.0 Å². The van der Waals surface area contributed by atoms with Gasteiger partial charge >= 0.3 is 0 Å². The third-order valence-corrected chi connectivity index (χ3v) is 2.57. The standard InChI is InChI=1S/C9H9BrF3NO/c10-5-1-2-7(11)6(3-5)9(14,4-15)8(12)13/h1-3,8,15H,4,14H2/t9-/m0/s1. The van der Waals surface area contributed by atoms with Gasteiger partial charge in [0.2, 0.25) is 0 Å². The predicted molar refractivity (Wildman–Crippen MR) is 53.1 cm³/mol. The Balaban J connectivity index is 3.29. The number of alkyl halides is 2. The van der Waals surface area contributed by atoms with Gasteiger partial charge in [0.1, 0.15) is 11.4 Å². The highest BCUT2D eigenvalue weighted by Gasteiger charge is 2.39. The van der Waals surface area contributed by atoms with Crippen molar-refractivity contribution in [2.24, 2.45) is 5.73 Å². The molecule has 15 heavy (non-hydrogen) atoms. The number of hydrogen-bond acceptors (Lipinski definition) is 2. The molecule has 6 heteroatoms. The molecule has 0 radical (unpaired) electrons. The second kappa shape index (κ2) is 4.51. The summed E-state index contributed by atoms with van der Waals surface area (Å²) in [5, 5.41) is 8.84. The molecule has 0 saturated heterocycles. The van der Waals surface area contributed by atoms with Crippen LogP contribution in [0.2, 0.25) is 0 Å². The minimum Gasteiger partial charge on any atom is -0.394 e. The van der Waals surface area contributed by atoms with Gasteiger partial charge in [-0.05, 0) is 18.2 Å². The van der Waals surface area contributed by atoms with Crippen molar-refractivity contribution in [3.05, 3.63) is 34.1 Å². The minimum atomic E-state index is -3.05. The summed E-state index contributed by atoms with van der Waals surface area (Å²) in [5.74, 6) is -0.866. The first-order valence-corrected chi connectivity index (χ1v) is 4.84. The van der Waals surface area contributed by atoms with Crippen molar-refractivity contribution in [3.8, 4) is 0 Å². The van der Waals surface area contributed by atoms with Crippen LogP contribution >= 0.6 is 15.9 Å². The Bertz CT molecular complexity index is 361. The zero-order valence-corrected chi connectivity index (χ0v) is 9.14. The van der Waals surface area contributed by atoms with Crippen LogP contribution in [0.1, 0.15) is 5.56 Å². The van der Waals surface area contributed by atoms with Crippen LogP contribution in [0.15, 0.2) is 22.7 Å². The predicted octanol–water partition coefficient (Wildman–Crippen LogP) is 2.00. The Morgan fingerprint density at radius 2 is 2.07 bits per heavy atom. The van der Waals surface area contributed by atoms with Gasteiger partial charge in [-0.3, -0.25) is 0 Å². The number of halogens is 4. The molecule has 0 saturated carbocycles. The molecule has 0 spiro atoms. The molecule has 0 aromatic heterocycles. The molecule has 1 atom stereocenters. The van der Waals surface area contributed by atoms with E-state index in [0.29, 0.717) is 4.47 Å². The van der Waals surface area contributed by atoms with Gasteiger partial charge in [0.15, 0.2) is 0 Å². The summed E-state index contributed by atoms with van der Waals surface area (Å²) >= 11 is 3.02. The van der Waals surface area contributed by atoms with Gasteiger partial charge in [-0.25, -0.2) is 13.2 Å². The molecule has 0 amide bonds. The van der Waals surface area contributed by atoms with E-state index in [9.17, 15) is 13.2 Å². The maximum Gasteiger partial charge on any atom is 0.262 e. The van der Waals surface area contributed by atoms with Crippen LogP contribution in [0.3, 0.4) is 0 Å². The third kappa shape index (κ3) is 2.32. The number of aliphatic hydroxyl groups excluding tert-OH is 1. The Morgan fingerprint density at radius 3 is 2.53 bits per heavy atom. The zero-order valence-electron chi connectivity index (χ0n) is 7.55. The normalized spacial score (nSPS) is 15.4. The van der Waals surface area contributed by atoms with Gasteiger partial charge < -0.3 is 10.8 Å². The summed E-state index contributed by atoms with van der Waals surface area (Å²) in [4.78, 5) is 0. The molecule has 0 fully saturated rings. The van der Waals surface area contributed by atoms with E-state index in [-0.39, 0.29) is 0 Å². The van der Waals surface area contributed by atoms with Crippen LogP contribution in [-0.2, 0) is 5.54 Å². The number of hydrogen-bond donors (Lipinski definition) is 2. The summed E-state index contributed by atoms with van der Waals surface area (Å²) in [7, 11) is 0. The highest BCUT2D eigenvalue weighted by Crippen LogP contribution is 2.29. The van der Waals surface area contributed by atoms with Gasteiger partial charge in [-0.2, -0.15) is 0 Å². The maximum absolute atomic E-state index is 13.3. The molecule has 84 valence electrons. The molecular formula is C9H9BrF3NO. The van der Waals surface area contributed by atoms with E-state index in [2.05, 4.69) is 15.9 Å². The first-order chi connectivity index (χ1) is 6.91. The lowest BCUT2D eigenvalue weighted by Crippen LogP contribution is -2.48. The van der Waals surface area contributed by atoms with Crippen molar-refractivity contribution < 1.29 is 18.3 Å². The molecule has 1 aromatic carbocycles. The fourth-order valence-electron chi connectivity index (χ4n) is 1.13. The van der Waals surface area contributed by atoms with Crippen LogP contribution in [0, 0.1) is 5.82 Å². The average molecular weight is 284 g/mol. The number of nitrogens with two attached hydrogens (primary N) is 1. The maximum atomic E-state index is 13.3. The van der Waals surface area contributed by atoms with Crippen LogP contribution in [0.25, 0.3) is 0 Å². The monoisotopic (exact) mass is 283 g/mol. The smallest absolute Gasteiger partial charge is 0.262 e. The zero-order chi connectivity index (χ0) is 11.6. The van der Waals surface area contributed by atoms with E-state index in [1.54, 1.807) is 0 Å². The summed E-state index contributed by atoms with van der Waals surface area (Å²) in [6.07, 6.45) is -3.05. The lowest BCUT2D eigenvalue weighted by Gasteiger charge is -2.27. The van der Waals surface area contributed by atoms with Crippen molar-refractivity contribution in [1.82, 2.24) is 0 Å². The molecule has 0 aliphatic carbocycles. The largest absolute Gasteiger partial charge is 0.394 e. The second-order valence-electron chi connectivity index (χ2n) is 3.12. The second-order valence-corrected chi connectivity index (χ2v) is 4.04. The quantitative estimate of drug-likeness (QED) is 0.891. The first kappa shape index (κ1) is 12.5. The average Bonchev–Trinajstić information content (AvgIpc) is 2.20. The highest BCUT2D eigenvalue weighted by molar-refractivity contribution is 9.10. The molecule has 0 bridgehead atoms. The molecule has 1 rings (SSSR count). The Kier molecular flexibility index (Phi) is 3.75. The summed E-state index contributed by atoms with van der Waals surface area (Å²) in [5.41, 5.74) is 2.50. The molecular weight excluding hydrogens is 275 g/mol. The Morgan fingerprint density at radius 1 is 1.47 bits per heavy atom. The van der Waals surface area contributed by atoms with E-state index in [1.165, 1.54) is 6.07 Å². The molecule has 0 aliphatic rings. The van der Waals surface area contributed by atoms with Crippen molar-refractivity contribution in [2.45, 2.75) is 12.0 Å². The van der Waals surface area contributed by atoms with Gasteiger partial charge in [0.25, 0.3) is 6.43 Å². The lowest BCUT2D eigenvalue weighted by molar-refractivity contribution is 0.0134. The van der Waals surface area contributed by atoms with Crippen molar-refractivity contribution in [1.29, 1.82) is 0 Å². The molecule has 1 aromatic rings. The molecule has 0 aliphatic heterocycles. The van der Waals surface area contributed by atoms with Crippen molar-refractivity contribution >= 4 is 15.9 Å². The van der Waals surface area contributed by atoms with Crippen molar-refractivity contribution in [3.63, 3.8) is 0 Å². The SMILES string of the molecule is N[C@@](CO)(c1cc(Br)ccc1F)C(F)F. The number of rotatable bonds is 3. The van der Waals surface area contributed by atoms with Gasteiger partial charge in [0, 0.05) is 10.0 Å². The van der Waals surface area contributed by atoms with Crippen LogP contribution < -0.4 is 5.73 Å². The topological polar surface area (TPSA) is 46.2 Å². The number of aliphatic hydroxyl groups is 1. The molecule has 0 heterocycles. The van der Waals surface area contributed by atoms with E-state index in [1.807, 2.05) is 0 Å². The third-order valence-electron chi connectivity index (χ3n) is 2.08. The minimum absolute atomic E-state index is 0.408. The highest BCUT2D eigenvalue weighted by atomic mass is 79.9. The van der Waals surface area contributed by atoms with E-state index >= 15 is 0 Å². The van der Waals surface area contributed by atoms with Crippen LogP contribution in [0.5, 0.6) is 0 Å². The van der Waals surface area contributed by atoms with Crippen LogP contribution in [0.4, 0.5) is 13.2 Å². The van der Waals surface area contributed by atoms with Gasteiger partial charge in [0.05, 0.1) is 6.61 Å². The molecule has 3 N–H and O–H groups in total. The van der Waals surface area contributed by atoms with Gasteiger partial charge in [-0.1, -0.05) is 15.9 Å². The lowest BCUT2D eigenvalue weighted by atomic mass is 9.92. The van der Waals surface area contributed by atoms with E-state index < -0.39 is 30.0 Å². The summed E-state index contributed by atoms with van der Waals surface area (Å²) < 4.78 is 38.9. The van der Waals surface area contributed by atoms with E-state index in [4.69, 9.17) is 10.8 Å². The first-order valence-electron chi connectivity index (χ1n) is 4.05. The fraction of sp³-hybridized carbons (Fsp3) is 0.333. The summed E-state index contributed by atoms with van der Waals surface area (Å²) in [6, 6.07) is 3.51. The molecule has 2 nitrogen and oxygen atoms in total.